The summed E-state index contributed by atoms with van der Waals surface area (Å²) in [5, 5.41) is 0. The molecule has 0 unspecified atom stereocenters. The molecule has 0 bridgehead atoms. The first-order chi connectivity index (χ1) is 11.1. The van der Waals surface area contributed by atoms with Gasteiger partial charge in [-0.25, -0.2) is 0 Å². The highest BCUT2D eigenvalue weighted by atomic mass is 28.5. The first kappa shape index (κ1) is 26.8. The van der Waals surface area contributed by atoms with Crippen molar-refractivity contribution in [3.05, 3.63) is 12.3 Å². The second-order valence-corrected chi connectivity index (χ2v) is 33.7. The van der Waals surface area contributed by atoms with E-state index in [2.05, 4.69) is 85.1 Å². The lowest BCUT2D eigenvalue weighted by Gasteiger charge is -2.44. The highest BCUT2D eigenvalue weighted by Crippen LogP contribution is 2.29. The van der Waals surface area contributed by atoms with Gasteiger partial charge in [-0.1, -0.05) is 5.70 Å². The van der Waals surface area contributed by atoms with Crippen LogP contribution in [0.4, 0.5) is 0 Å². The molecule has 0 atom stereocenters. The SMILES string of the molecule is C=C[Si](C)(C)O[Si](C)(O[Si](C)(C)O[Si](C)(C)C)O[Si](C)(C)O[Si](C)(C)C. The van der Waals surface area contributed by atoms with E-state index in [1.807, 2.05) is 12.2 Å². The van der Waals surface area contributed by atoms with Crippen molar-refractivity contribution in [1.82, 2.24) is 0 Å². The van der Waals surface area contributed by atoms with Gasteiger partial charge >= 0.3 is 25.9 Å². The maximum atomic E-state index is 6.59. The van der Waals surface area contributed by atoms with Gasteiger partial charge in [-0.3, -0.25) is 0 Å². The standard InChI is InChI=1S/C15H42O5Si6/c1-15-23(8,9)18-26(14,19-24(10,11)16-21(2,3)4)20-25(12,13)17-22(5,6)7/h15H,1H2,2-14H3. The third kappa shape index (κ3) is 12.3. The molecule has 0 aromatic rings. The van der Waals surface area contributed by atoms with Crippen LogP contribution in [0.25, 0.3) is 0 Å². The van der Waals surface area contributed by atoms with Gasteiger partial charge in [0.1, 0.15) is 0 Å². The molecule has 11 heteroatoms. The topological polar surface area (TPSA) is 46.2 Å². The molecule has 0 radical (unpaired) electrons. The van der Waals surface area contributed by atoms with Crippen LogP contribution >= 0.6 is 0 Å². The predicted molar refractivity (Wildman–Crippen MR) is 126 cm³/mol. The molecule has 0 heterocycles. The van der Waals surface area contributed by atoms with Gasteiger partial charge in [0.15, 0.2) is 16.6 Å². The van der Waals surface area contributed by atoms with E-state index in [9.17, 15) is 0 Å². The van der Waals surface area contributed by atoms with Gasteiger partial charge in [-0.05, 0) is 78.6 Å². The van der Waals surface area contributed by atoms with E-state index in [4.69, 9.17) is 20.6 Å². The summed E-state index contributed by atoms with van der Waals surface area (Å²) in [5.41, 5.74) is 1.92. The van der Waals surface area contributed by atoms with E-state index in [0.717, 1.165) is 0 Å². The lowest BCUT2D eigenvalue weighted by Crippen LogP contribution is -2.63. The second kappa shape index (κ2) is 8.69. The first-order valence-corrected chi connectivity index (χ1v) is 26.9. The Morgan fingerprint density at radius 1 is 0.500 bits per heavy atom. The summed E-state index contributed by atoms with van der Waals surface area (Å²) in [6.07, 6.45) is 0. The monoisotopic (exact) mass is 470 g/mol. The van der Waals surface area contributed by atoms with Crippen molar-refractivity contribution in [3.63, 3.8) is 0 Å². The summed E-state index contributed by atoms with van der Waals surface area (Å²) in [7, 11) is -13.3. The van der Waals surface area contributed by atoms with Crippen LogP contribution in [-0.2, 0) is 20.6 Å². The largest absolute Gasteiger partial charge is 0.469 e. The van der Waals surface area contributed by atoms with Crippen LogP contribution in [0, 0.1) is 0 Å². The van der Waals surface area contributed by atoms with Gasteiger partial charge in [-0.2, -0.15) is 0 Å². The van der Waals surface area contributed by atoms with E-state index in [-0.39, 0.29) is 0 Å². The zero-order chi connectivity index (χ0) is 21.2. The van der Waals surface area contributed by atoms with Crippen molar-refractivity contribution in [2.24, 2.45) is 0 Å². The average molecular weight is 471 g/mol. The Morgan fingerprint density at radius 2 is 0.808 bits per heavy atom. The molecule has 0 aliphatic rings. The molecule has 0 spiro atoms. The lowest BCUT2D eigenvalue weighted by atomic mass is 11.3. The normalized spacial score (nSPS) is 15.3. The second-order valence-electron chi connectivity index (χ2n) is 10.2. The highest BCUT2D eigenvalue weighted by molar-refractivity contribution is 6.92. The Morgan fingerprint density at radius 3 is 1.04 bits per heavy atom. The third-order valence-corrected chi connectivity index (χ3v) is 23.2. The minimum absolute atomic E-state index is 1.73. The van der Waals surface area contributed by atoms with Crippen molar-refractivity contribution in [2.45, 2.75) is 85.1 Å². The first-order valence-electron chi connectivity index (χ1n) is 9.24. The Balaban J connectivity index is 5.66. The third-order valence-electron chi connectivity index (χ3n) is 2.91. The number of rotatable bonds is 11. The molecular formula is C15H42O5Si6. The van der Waals surface area contributed by atoms with Crippen molar-refractivity contribution in [2.75, 3.05) is 0 Å². The minimum Gasteiger partial charge on any atom is -0.437 e. The maximum Gasteiger partial charge on any atom is 0.469 e. The van der Waals surface area contributed by atoms with Gasteiger partial charge in [0.25, 0.3) is 0 Å². The van der Waals surface area contributed by atoms with E-state index >= 15 is 0 Å². The van der Waals surface area contributed by atoms with E-state index < -0.39 is 50.9 Å². The summed E-state index contributed by atoms with van der Waals surface area (Å²) >= 11 is 0. The molecule has 0 amide bonds. The molecular weight excluding hydrogens is 429 g/mol. The number of hydrogen-bond donors (Lipinski definition) is 0. The van der Waals surface area contributed by atoms with Gasteiger partial charge in [0.05, 0.1) is 0 Å². The van der Waals surface area contributed by atoms with Crippen LogP contribution in [0.2, 0.25) is 85.1 Å². The molecule has 0 aliphatic carbocycles. The molecule has 0 saturated carbocycles. The van der Waals surface area contributed by atoms with E-state index in [1.54, 1.807) is 0 Å². The molecule has 0 rings (SSSR count). The molecule has 5 nitrogen and oxygen atoms in total. The minimum atomic E-state index is -2.97. The maximum absolute atomic E-state index is 6.59. The van der Waals surface area contributed by atoms with E-state index in [0.29, 0.717) is 0 Å². The van der Waals surface area contributed by atoms with Gasteiger partial charge in [0.2, 0.25) is 8.32 Å². The summed E-state index contributed by atoms with van der Waals surface area (Å²) in [6, 6.07) is 0. The Kier molecular flexibility index (Phi) is 8.97. The van der Waals surface area contributed by atoms with Gasteiger partial charge < -0.3 is 20.6 Å². The highest BCUT2D eigenvalue weighted by Gasteiger charge is 2.51. The molecule has 156 valence electrons. The van der Waals surface area contributed by atoms with Crippen LogP contribution < -0.4 is 0 Å². The average Bonchev–Trinajstić information content (AvgIpc) is 2.16. The molecule has 0 aromatic carbocycles. The quantitative estimate of drug-likeness (QED) is 0.365. The smallest absolute Gasteiger partial charge is 0.437 e. The molecule has 0 saturated heterocycles. The number of hydrogen-bond acceptors (Lipinski definition) is 5. The predicted octanol–water partition coefficient (Wildman–Crippen LogP) is 5.64. The van der Waals surface area contributed by atoms with Crippen molar-refractivity contribution in [1.29, 1.82) is 0 Å². The molecule has 0 fully saturated rings. The summed E-state index contributed by atoms with van der Waals surface area (Å²) in [6.45, 7) is 31.6. The Bertz CT molecular complexity index is 452. The zero-order valence-electron chi connectivity index (χ0n) is 19.3. The van der Waals surface area contributed by atoms with E-state index in [1.165, 1.54) is 0 Å². The van der Waals surface area contributed by atoms with Crippen LogP contribution in [0.15, 0.2) is 12.3 Å². The fraction of sp³-hybridized carbons (Fsp3) is 0.867. The van der Waals surface area contributed by atoms with Crippen LogP contribution in [0.5, 0.6) is 0 Å². The van der Waals surface area contributed by atoms with Gasteiger partial charge in [-0.15, -0.1) is 6.58 Å². The van der Waals surface area contributed by atoms with Crippen LogP contribution in [0.3, 0.4) is 0 Å². The summed E-state index contributed by atoms with van der Waals surface area (Å²) in [4.78, 5) is 0. The van der Waals surface area contributed by atoms with Crippen molar-refractivity contribution >= 4 is 50.9 Å². The molecule has 0 aromatic heterocycles. The molecule has 0 aliphatic heterocycles. The van der Waals surface area contributed by atoms with Crippen molar-refractivity contribution < 1.29 is 20.6 Å². The fourth-order valence-electron chi connectivity index (χ4n) is 2.99. The van der Waals surface area contributed by atoms with Crippen LogP contribution in [0.1, 0.15) is 0 Å². The van der Waals surface area contributed by atoms with Crippen LogP contribution in [-0.4, -0.2) is 50.9 Å². The van der Waals surface area contributed by atoms with Crippen molar-refractivity contribution in [3.8, 4) is 0 Å². The fourth-order valence-corrected chi connectivity index (χ4v) is 28.8. The Hall–Kier alpha value is 0.841. The Labute approximate surface area is 168 Å². The van der Waals surface area contributed by atoms with Gasteiger partial charge in [0, 0.05) is 6.55 Å². The molecule has 26 heavy (non-hydrogen) atoms. The molecule has 0 N–H and O–H groups in total. The lowest BCUT2D eigenvalue weighted by molar-refractivity contribution is 0.216. The summed E-state index contributed by atoms with van der Waals surface area (Å²) < 4.78 is 32.5. The zero-order valence-corrected chi connectivity index (χ0v) is 25.3. The summed E-state index contributed by atoms with van der Waals surface area (Å²) in [5.74, 6) is 0.